The molecule has 0 N–H and O–H groups in total. The van der Waals surface area contributed by atoms with Gasteiger partial charge in [0.25, 0.3) is 5.56 Å². The highest BCUT2D eigenvalue weighted by molar-refractivity contribution is 5.70. The molecule has 0 amide bonds. The van der Waals surface area contributed by atoms with Crippen LogP contribution in [0.1, 0.15) is 29.7 Å². The van der Waals surface area contributed by atoms with Crippen LogP contribution in [0, 0.1) is 13.8 Å². The first-order valence-electron chi connectivity index (χ1n) is 8.51. The topological polar surface area (TPSA) is 65.6 Å². The number of hydrogen-bond donors (Lipinski definition) is 0. The van der Waals surface area contributed by atoms with E-state index in [0.29, 0.717) is 5.65 Å². The number of aryl methyl sites for hydroxylation is 2. The first kappa shape index (κ1) is 16.2. The van der Waals surface area contributed by atoms with Gasteiger partial charge >= 0.3 is 0 Å². The normalized spacial score (nSPS) is 12.4. The lowest BCUT2D eigenvalue weighted by molar-refractivity contribution is 0.607. The van der Waals surface area contributed by atoms with E-state index in [1.165, 1.54) is 0 Å². The molecule has 2 heterocycles. The highest BCUT2D eigenvalue weighted by atomic mass is 16.1. The predicted octanol–water partition coefficient (Wildman–Crippen LogP) is 3.20. The molecule has 6 nitrogen and oxygen atoms in total. The molecule has 6 heteroatoms. The summed E-state index contributed by atoms with van der Waals surface area (Å²) in [6, 6.07) is 15.8. The highest BCUT2D eigenvalue weighted by Gasteiger charge is 2.17. The summed E-state index contributed by atoms with van der Waals surface area (Å²) in [4.78, 5) is 17.4. The SMILES string of the molecule is Cc1cc(C)cc(-n2nnc3c(=O)n([C@@H](C)c4ccccc4)cnc32)c1. The zero-order valence-electron chi connectivity index (χ0n) is 14.9. The Morgan fingerprint density at radius 2 is 1.69 bits per heavy atom. The first-order valence-corrected chi connectivity index (χ1v) is 8.51. The lowest BCUT2D eigenvalue weighted by atomic mass is 10.1. The Hall–Kier alpha value is -3.28. The minimum atomic E-state index is -0.193. The molecule has 4 aromatic rings. The van der Waals surface area contributed by atoms with Gasteiger partial charge in [0, 0.05) is 0 Å². The summed E-state index contributed by atoms with van der Waals surface area (Å²) in [7, 11) is 0. The Bertz CT molecular complexity index is 1120. The number of hydrogen-bond acceptors (Lipinski definition) is 4. The van der Waals surface area contributed by atoms with Gasteiger partial charge in [0.2, 0.25) is 0 Å². The van der Waals surface area contributed by atoms with Crippen molar-refractivity contribution in [1.29, 1.82) is 0 Å². The van der Waals surface area contributed by atoms with Crippen LogP contribution in [-0.4, -0.2) is 24.5 Å². The Labute approximate surface area is 150 Å². The van der Waals surface area contributed by atoms with E-state index >= 15 is 0 Å². The maximum Gasteiger partial charge on any atom is 0.284 e. The summed E-state index contributed by atoms with van der Waals surface area (Å²) in [5.74, 6) is 0. The monoisotopic (exact) mass is 345 g/mol. The number of aromatic nitrogens is 5. The number of nitrogens with zero attached hydrogens (tertiary/aromatic N) is 5. The van der Waals surface area contributed by atoms with Crippen LogP contribution in [0.5, 0.6) is 0 Å². The summed E-state index contributed by atoms with van der Waals surface area (Å²) < 4.78 is 3.21. The second kappa shape index (κ2) is 6.22. The van der Waals surface area contributed by atoms with E-state index in [9.17, 15) is 4.79 Å². The van der Waals surface area contributed by atoms with Crippen molar-refractivity contribution in [3.05, 3.63) is 81.9 Å². The molecule has 130 valence electrons. The van der Waals surface area contributed by atoms with Crippen molar-refractivity contribution in [2.24, 2.45) is 0 Å². The van der Waals surface area contributed by atoms with E-state index < -0.39 is 0 Å². The van der Waals surface area contributed by atoms with Gasteiger partial charge in [-0.3, -0.25) is 9.36 Å². The maximum atomic E-state index is 12.9. The summed E-state index contributed by atoms with van der Waals surface area (Å²) in [5.41, 5.74) is 4.68. The number of fused-ring (bicyclic) bond motifs is 1. The van der Waals surface area contributed by atoms with Crippen LogP contribution in [0.2, 0.25) is 0 Å². The van der Waals surface area contributed by atoms with Crippen LogP contribution in [0.4, 0.5) is 0 Å². The van der Waals surface area contributed by atoms with Gasteiger partial charge in [0.15, 0.2) is 11.2 Å². The van der Waals surface area contributed by atoms with Crippen LogP contribution in [0.15, 0.2) is 59.7 Å². The number of benzene rings is 2. The molecular formula is C20H19N5O. The zero-order chi connectivity index (χ0) is 18.3. The van der Waals surface area contributed by atoms with Gasteiger partial charge < -0.3 is 0 Å². The molecule has 4 rings (SSSR count). The quantitative estimate of drug-likeness (QED) is 0.572. The van der Waals surface area contributed by atoms with Crippen molar-refractivity contribution in [2.45, 2.75) is 26.8 Å². The van der Waals surface area contributed by atoms with E-state index in [4.69, 9.17) is 0 Å². The second-order valence-corrected chi connectivity index (χ2v) is 6.56. The van der Waals surface area contributed by atoms with E-state index in [0.717, 1.165) is 22.4 Å². The smallest absolute Gasteiger partial charge is 0.284 e. The molecule has 0 aliphatic rings. The largest absolute Gasteiger partial charge is 0.290 e. The Morgan fingerprint density at radius 3 is 2.38 bits per heavy atom. The molecular weight excluding hydrogens is 326 g/mol. The van der Waals surface area contributed by atoms with Gasteiger partial charge in [-0.2, -0.15) is 4.68 Å². The van der Waals surface area contributed by atoms with E-state index in [1.807, 2.05) is 63.2 Å². The first-order chi connectivity index (χ1) is 12.5. The van der Waals surface area contributed by atoms with Gasteiger partial charge in [-0.05, 0) is 49.6 Å². The molecule has 0 radical (unpaired) electrons. The van der Waals surface area contributed by atoms with Crippen molar-refractivity contribution in [2.75, 3.05) is 0 Å². The lowest BCUT2D eigenvalue weighted by Crippen LogP contribution is -2.24. The highest BCUT2D eigenvalue weighted by Crippen LogP contribution is 2.18. The van der Waals surface area contributed by atoms with Gasteiger partial charge in [-0.15, -0.1) is 5.10 Å². The van der Waals surface area contributed by atoms with Crippen LogP contribution in [0.25, 0.3) is 16.9 Å². The molecule has 0 saturated carbocycles. The van der Waals surface area contributed by atoms with E-state index in [1.54, 1.807) is 15.6 Å². The van der Waals surface area contributed by atoms with Crippen LogP contribution in [0.3, 0.4) is 0 Å². The second-order valence-electron chi connectivity index (χ2n) is 6.56. The summed E-state index contributed by atoms with van der Waals surface area (Å²) in [5, 5.41) is 8.28. The fourth-order valence-electron chi connectivity index (χ4n) is 3.24. The van der Waals surface area contributed by atoms with E-state index in [-0.39, 0.29) is 17.1 Å². The number of rotatable bonds is 3. The molecule has 0 bridgehead atoms. The Kier molecular flexibility index (Phi) is 3.88. The Morgan fingerprint density at radius 1 is 1.00 bits per heavy atom. The minimum absolute atomic E-state index is 0.132. The standard InChI is InChI=1S/C20H19N5O/c1-13-9-14(2)11-17(10-13)25-19-18(22-23-25)20(26)24(12-21-19)15(3)16-7-5-4-6-8-16/h4-12,15H,1-3H3/t15-/m0/s1. The van der Waals surface area contributed by atoms with Crippen molar-refractivity contribution in [3.63, 3.8) is 0 Å². The molecule has 0 aliphatic heterocycles. The Balaban J connectivity index is 1.85. The average molecular weight is 345 g/mol. The van der Waals surface area contributed by atoms with Crippen molar-refractivity contribution in [3.8, 4) is 5.69 Å². The molecule has 0 fully saturated rings. The fourth-order valence-corrected chi connectivity index (χ4v) is 3.24. The zero-order valence-corrected chi connectivity index (χ0v) is 14.9. The summed E-state index contributed by atoms with van der Waals surface area (Å²) >= 11 is 0. The molecule has 26 heavy (non-hydrogen) atoms. The van der Waals surface area contributed by atoms with Gasteiger partial charge in [0.1, 0.15) is 6.33 Å². The third-order valence-corrected chi connectivity index (χ3v) is 4.54. The lowest BCUT2D eigenvalue weighted by Gasteiger charge is -2.14. The fraction of sp³-hybridized carbons (Fsp3) is 0.200. The molecule has 2 aromatic carbocycles. The molecule has 2 aromatic heterocycles. The summed E-state index contributed by atoms with van der Waals surface area (Å²) in [6.07, 6.45) is 1.57. The average Bonchev–Trinajstić information content (AvgIpc) is 3.06. The molecule has 0 saturated heterocycles. The van der Waals surface area contributed by atoms with Crippen LogP contribution in [-0.2, 0) is 0 Å². The maximum absolute atomic E-state index is 12.9. The van der Waals surface area contributed by atoms with Crippen LogP contribution < -0.4 is 5.56 Å². The van der Waals surface area contributed by atoms with Crippen molar-refractivity contribution >= 4 is 11.2 Å². The molecule has 1 atom stereocenters. The molecule has 0 unspecified atom stereocenters. The van der Waals surface area contributed by atoms with E-state index in [2.05, 4.69) is 21.4 Å². The predicted molar refractivity (Wildman–Crippen MR) is 101 cm³/mol. The minimum Gasteiger partial charge on any atom is -0.290 e. The van der Waals surface area contributed by atoms with Crippen molar-refractivity contribution < 1.29 is 0 Å². The third kappa shape index (κ3) is 2.69. The molecule has 0 spiro atoms. The van der Waals surface area contributed by atoms with Gasteiger partial charge in [0.05, 0.1) is 11.7 Å². The summed E-state index contributed by atoms with van der Waals surface area (Å²) in [6.45, 7) is 6.02. The van der Waals surface area contributed by atoms with Gasteiger partial charge in [-0.25, -0.2) is 4.98 Å². The van der Waals surface area contributed by atoms with Crippen LogP contribution >= 0.6 is 0 Å². The van der Waals surface area contributed by atoms with Crippen molar-refractivity contribution in [1.82, 2.24) is 24.5 Å². The molecule has 0 aliphatic carbocycles. The third-order valence-electron chi connectivity index (χ3n) is 4.54. The van der Waals surface area contributed by atoms with Gasteiger partial charge in [-0.1, -0.05) is 41.6 Å².